The van der Waals surface area contributed by atoms with E-state index in [2.05, 4.69) is 193 Å². The molecule has 13 rings (SSSR count). The molecule has 0 saturated heterocycles. The standard InChI is InChI=1S/C72H86BN3S/c1-65(2)31-33-67(5,6)52-39-47(27-29-50(52)65)75-57-44-55-54(69(9,10)35-36-70(55,11)12)43-56(57)73-61-58(75)41-49(74(45-23-19-17-20-24-45)46-25-21-18-22-26-46)42-59(61)76(48-28-30-51-53(40-48)68(7,8)34-32-66(51,3)4)62-60-63(77-64(62)73)72(15,16)38-37-71(60,13)14/h17-30,39-44,60,63H,31-38H2,1-16H3/i17D,19D,20D,23D,24D. The first-order valence-electron chi connectivity index (χ1n) is 31.8. The molecule has 4 aliphatic carbocycles. The zero-order valence-corrected chi connectivity index (χ0v) is 50.1. The largest absolute Gasteiger partial charge is 0.314 e. The molecule has 0 radical (unpaired) electrons. The van der Waals surface area contributed by atoms with Crippen molar-refractivity contribution in [3.63, 3.8) is 0 Å². The van der Waals surface area contributed by atoms with Gasteiger partial charge in [-0.25, -0.2) is 0 Å². The molecule has 77 heavy (non-hydrogen) atoms. The minimum atomic E-state index is -0.402. The molecule has 0 N–H and O–H groups in total. The summed E-state index contributed by atoms with van der Waals surface area (Å²) < 4.78 is 46.7. The van der Waals surface area contributed by atoms with Gasteiger partial charge < -0.3 is 14.7 Å². The molecule has 1 fully saturated rings. The van der Waals surface area contributed by atoms with Gasteiger partial charge >= 0.3 is 0 Å². The van der Waals surface area contributed by atoms with Gasteiger partial charge in [-0.15, -0.1) is 11.8 Å². The summed E-state index contributed by atoms with van der Waals surface area (Å²) in [6.07, 6.45) is 8.91. The van der Waals surface area contributed by atoms with Gasteiger partial charge in [-0.2, -0.15) is 0 Å². The Hall–Kier alpha value is -5.13. The molecule has 6 aromatic rings. The first-order valence-corrected chi connectivity index (χ1v) is 30.2. The molecular weight excluding hydrogens is 950 g/mol. The van der Waals surface area contributed by atoms with Gasteiger partial charge in [-0.05, 0) is 210 Å². The molecule has 7 aliphatic rings. The van der Waals surface area contributed by atoms with Crippen LogP contribution in [0.2, 0.25) is 0 Å². The summed E-state index contributed by atoms with van der Waals surface area (Å²) in [5, 5.41) is 0.321. The first kappa shape index (κ1) is 45.7. The van der Waals surface area contributed by atoms with Crippen molar-refractivity contribution in [2.45, 2.75) is 200 Å². The zero-order valence-electron chi connectivity index (χ0n) is 54.3. The quantitative estimate of drug-likeness (QED) is 0.159. The van der Waals surface area contributed by atoms with Crippen LogP contribution in [0.5, 0.6) is 0 Å². The first-order chi connectivity index (χ1) is 38.2. The summed E-state index contributed by atoms with van der Waals surface area (Å²) in [4.78, 5) is 8.75. The fourth-order valence-electron chi connectivity index (χ4n) is 15.8. The lowest BCUT2D eigenvalue weighted by Crippen LogP contribution is -2.56. The van der Waals surface area contributed by atoms with Crippen molar-refractivity contribution in [2.75, 3.05) is 14.7 Å². The second-order valence-corrected chi connectivity index (χ2v) is 31.3. The Bertz CT molecular complexity index is 3730. The van der Waals surface area contributed by atoms with Crippen LogP contribution in [0, 0.1) is 16.7 Å². The Morgan fingerprint density at radius 2 is 0.922 bits per heavy atom. The number of nitrogens with zero attached hydrogens (tertiary/aromatic N) is 3. The van der Waals surface area contributed by atoms with E-state index in [1.54, 1.807) is 0 Å². The van der Waals surface area contributed by atoms with E-state index in [0.29, 0.717) is 5.25 Å². The lowest BCUT2D eigenvalue weighted by atomic mass is 9.35. The normalized spacial score (nSPS) is 25.5. The third-order valence-electron chi connectivity index (χ3n) is 21.2. The Balaban J connectivity index is 1.22. The molecule has 3 aliphatic heterocycles. The van der Waals surface area contributed by atoms with Gasteiger partial charge in [0.15, 0.2) is 0 Å². The number of hydrogen-bond donors (Lipinski definition) is 0. The molecule has 3 heterocycles. The highest BCUT2D eigenvalue weighted by molar-refractivity contribution is 8.06. The number of hydrogen-bond acceptors (Lipinski definition) is 4. The van der Waals surface area contributed by atoms with Gasteiger partial charge in [0.05, 0.1) is 12.5 Å². The minimum absolute atomic E-state index is 0.0161. The van der Waals surface area contributed by atoms with Crippen LogP contribution >= 0.6 is 11.8 Å². The van der Waals surface area contributed by atoms with Crippen molar-refractivity contribution in [1.29, 1.82) is 0 Å². The molecule has 1 saturated carbocycles. The van der Waals surface area contributed by atoms with Crippen molar-refractivity contribution in [3.8, 4) is 0 Å². The van der Waals surface area contributed by atoms with Crippen molar-refractivity contribution in [1.82, 2.24) is 0 Å². The van der Waals surface area contributed by atoms with E-state index in [0.717, 1.165) is 85.5 Å². The van der Waals surface area contributed by atoms with Crippen LogP contribution in [0.25, 0.3) is 0 Å². The lowest BCUT2D eigenvalue weighted by molar-refractivity contribution is 0.0881. The monoisotopic (exact) mass is 1040 g/mol. The molecular formula is C72H86BN3S. The summed E-state index contributed by atoms with van der Waals surface area (Å²) in [6, 6.07) is 33.2. The summed E-state index contributed by atoms with van der Waals surface area (Å²) in [7, 11) is 0. The fraction of sp³-hybridized carbons (Fsp3) is 0.472. The summed E-state index contributed by atoms with van der Waals surface area (Å²) in [5.41, 5.74) is 19.6. The van der Waals surface area contributed by atoms with E-state index in [4.69, 9.17) is 1.37 Å². The van der Waals surface area contributed by atoms with Crippen LogP contribution in [0.4, 0.5) is 45.5 Å². The van der Waals surface area contributed by atoms with Gasteiger partial charge in [0.25, 0.3) is 6.71 Å². The molecule has 5 heteroatoms. The maximum Gasteiger partial charge on any atom is 0.259 e. The molecule has 2 unspecified atom stereocenters. The van der Waals surface area contributed by atoms with Crippen molar-refractivity contribution >= 4 is 74.9 Å². The minimum Gasteiger partial charge on any atom is -0.314 e. The lowest BCUT2D eigenvalue weighted by Gasteiger charge is -2.52. The Kier molecular flexibility index (Phi) is 9.92. The van der Waals surface area contributed by atoms with E-state index in [9.17, 15) is 5.48 Å². The number of thioether (sulfide) groups is 1. The molecule has 0 amide bonds. The van der Waals surface area contributed by atoms with E-state index < -0.39 is 6.04 Å². The molecule has 2 atom stereocenters. The predicted molar refractivity (Wildman–Crippen MR) is 334 cm³/mol. The van der Waals surface area contributed by atoms with Gasteiger partial charge in [0.2, 0.25) is 0 Å². The smallest absolute Gasteiger partial charge is 0.259 e. The molecule has 6 aromatic carbocycles. The number of anilines is 8. The molecule has 0 bridgehead atoms. The average Bonchev–Trinajstić information content (AvgIpc) is 2.71. The SMILES string of the molecule is [2H]c1c([2H])c([2H])c(N(c2ccccc2)c2cc3c4c(c2)N(c2ccc5c(c2)C(C)(C)CCC5(C)C)c2cc5c(cc2B4C2=C(C4C(S2)C(C)(C)CCC4(C)C)N3c2ccc3c(c2)C(C)(C)CCC3(C)C)C(C)(C)CCC5(C)C)c([2H])c1[2H]. The van der Waals surface area contributed by atoms with Crippen LogP contribution in [-0.4, -0.2) is 12.0 Å². The summed E-state index contributed by atoms with van der Waals surface area (Å²) >= 11 is 2.18. The second kappa shape index (κ2) is 16.7. The third-order valence-corrected chi connectivity index (χ3v) is 23.1. The highest BCUT2D eigenvalue weighted by Crippen LogP contribution is 2.66. The van der Waals surface area contributed by atoms with Gasteiger partial charge in [-0.3, -0.25) is 0 Å². The van der Waals surface area contributed by atoms with E-state index in [1.807, 2.05) is 35.2 Å². The van der Waals surface area contributed by atoms with Crippen LogP contribution in [0.15, 0.2) is 132 Å². The highest BCUT2D eigenvalue weighted by Gasteiger charge is 2.60. The predicted octanol–water partition coefficient (Wildman–Crippen LogP) is 19.1. The number of fused-ring (bicyclic) bond motifs is 8. The van der Waals surface area contributed by atoms with Crippen molar-refractivity contribution in [3.05, 3.63) is 165 Å². The Morgan fingerprint density at radius 1 is 0.455 bits per heavy atom. The van der Waals surface area contributed by atoms with E-state index in [-0.39, 0.29) is 85.8 Å². The maximum atomic E-state index is 9.75. The summed E-state index contributed by atoms with van der Waals surface area (Å²) in [6.45, 7) is 39.3. The second-order valence-electron chi connectivity index (χ2n) is 30.1. The molecule has 0 spiro atoms. The average molecular weight is 1040 g/mol. The van der Waals surface area contributed by atoms with E-state index in [1.165, 1.54) is 60.5 Å². The van der Waals surface area contributed by atoms with E-state index >= 15 is 0 Å². The summed E-state index contributed by atoms with van der Waals surface area (Å²) in [5.74, 6) is 0.212. The van der Waals surface area contributed by atoms with Gasteiger partial charge in [-0.1, -0.05) is 165 Å². The van der Waals surface area contributed by atoms with Crippen LogP contribution < -0.4 is 25.6 Å². The fourth-order valence-corrected chi connectivity index (χ4v) is 17.9. The van der Waals surface area contributed by atoms with Crippen LogP contribution in [0.1, 0.15) is 202 Å². The molecule has 0 aromatic heterocycles. The van der Waals surface area contributed by atoms with Crippen LogP contribution in [0.3, 0.4) is 0 Å². The van der Waals surface area contributed by atoms with Crippen molar-refractivity contribution in [2.24, 2.45) is 16.7 Å². The number of para-hydroxylation sites is 2. The molecule has 3 nitrogen and oxygen atoms in total. The maximum absolute atomic E-state index is 9.75. The van der Waals surface area contributed by atoms with Gasteiger partial charge in [0.1, 0.15) is 0 Å². The molecule has 398 valence electrons. The zero-order chi connectivity index (χ0) is 58.7. The third kappa shape index (κ3) is 7.71. The topological polar surface area (TPSA) is 9.72 Å². The number of benzene rings is 6. The van der Waals surface area contributed by atoms with Crippen LogP contribution in [-0.2, 0) is 32.5 Å². The Labute approximate surface area is 475 Å². The highest BCUT2D eigenvalue weighted by atomic mass is 32.2. The Morgan fingerprint density at radius 3 is 1.47 bits per heavy atom. The van der Waals surface area contributed by atoms with Crippen molar-refractivity contribution < 1.29 is 6.85 Å². The number of allylic oxidation sites excluding steroid dienone is 1. The van der Waals surface area contributed by atoms with Gasteiger partial charge in [0, 0.05) is 56.7 Å². The number of rotatable bonds is 5.